The topological polar surface area (TPSA) is 83.8 Å². The number of H-pyrrole nitrogens is 1. The standard InChI is InChI=1S/C15H20N4O/c1-15(2,16)14(20)17-13-10-12(18-19-13)9-8-11-6-4-3-5-7-11/h3-7,10H,8-9,16H2,1-2H3,(H2,17,18,19,20). The summed E-state index contributed by atoms with van der Waals surface area (Å²) in [7, 11) is 0. The minimum Gasteiger partial charge on any atom is -0.318 e. The molecule has 0 fully saturated rings. The average molecular weight is 272 g/mol. The number of hydrogen-bond donors (Lipinski definition) is 3. The monoisotopic (exact) mass is 272 g/mol. The van der Waals surface area contributed by atoms with E-state index in [-0.39, 0.29) is 5.91 Å². The number of anilines is 1. The molecule has 4 N–H and O–H groups in total. The van der Waals surface area contributed by atoms with Crippen molar-refractivity contribution >= 4 is 11.7 Å². The number of nitrogens with two attached hydrogens (primary N) is 1. The van der Waals surface area contributed by atoms with Gasteiger partial charge >= 0.3 is 0 Å². The molecule has 1 heterocycles. The van der Waals surface area contributed by atoms with E-state index in [4.69, 9.17) is 5.73 Å². The quantitative estimate of drug-likeness (QED) is 0.777. The summed E-state index contributed by atoms with van der Waals surface area (Å²) >= 11 is 0. The number of nitrogens with one attached hydrogen (secondary N) is 2. The predicted octanol–water partition coefficient (Wildman–Crippen LogP) is 1.87. The highest BCUT2D eigenvalue weighted by Crippen LogP contribution is 2.11. The molecule has 0 aliphatic heterocycles. The number of carbonyl (C=O) groups excluding carboxylic acids is 1. The predicted molar refractivity (Wildman–Crippen MR) is 79.3 cm³/mol. The Labute approximate surface area is 118 Å². The smallest absolute Gasteiger partial charge is 0.245 e. The normalized spacial score (nSPS) is 11.3. The Balaban J connectivity index is 1.91. The van der Waals surface area contributed by atoms with Crippen LogP contribution in [0.1, 0.15) is 25.1 Å². The van der Waals surface area contributed by atoms with Crippen molar-refractivity contribution in [3.8, 4) is 0 Å². The zero-order valence-electron chi connectivity index (χ0n) is 11.8. The Bertz CT molecular complexity index is 569. The molecule has 0 aliphatic carbocycles. The third-order valence-electron chi connectivity index (χ3n) is 2.98. The van der Waals surface area contributed by atoms with E-state index in [0.717, 1.165) is 18.5 Å². The van der Waals surface area contributed by atoms with Crippen LogP contribution in [0.15, 0.2) is 36.4 Å². The van der Waals surface area contributed by atoms with E-state index in [0.29, 0.717) is 5.82 Å². The molecule has 1 aromatic carbocycles. The first-order chi connectivity index (χ1) is 9.45. The van der Waals surface area contributed by atoms with Crippen LogP contribution in [0.2, 0.25) is 0 Å². The molecule has 5 heteroatoms. The Kier molecular flexibility index (Phi) is 4.20. The van der Waals surface area contributed by atoms with Gasteiger partial charge < -0.3 is 11.1 Å². The van der Waals surface area contributed by atoms with E-state index in [1.54, 1.807) is 13.8 Å². The van der Waals surface area contributed by atoms with Gasteiger partial charge in [0.1, 0.15) is 0 Å². The number of aryl methyl sites for hydroxylation is 2. The van der Waals surface area contributed by atoms with Crippen molar-refractivity contribution in [1.82, 2.24) is 10.2 Å². The van der Waals surface area contributed by atoms with Gasteiger partial charge in [-0.2, -0.15) is 5.10 Å². The van der Waals surface area contributed by atoms with Crippen LogP contribution in [-0.2, 0) is 17.6 Å². The van der Waals surface area contributed by atoms with Crippen molar-refractivity contribution in [3.63, 3.8) is 0 Å². The molecule has 2 aromatic rings. The molecular weight excluding hydrogens is 252 g/mol. The average Bonchev–Trinajstić information content (AvgIpc) is 2.84. The van der Waals surface area contributed by atoms with Gasteiger partial charge in [0, 0.05) is 11.8 Å². The highest BCUT2D eigenvalue weighted by Gasteiger charge is 2.22. The van der Waals surface area contributed by atoms with Crippen LogP contribution in [0.5, 0.6) is 0 Å². The number of aromatic nitrogens is 2. The van der Waals surface area contributed by atoms with Gasteiger partial charge in [0.15, 0.2) is 5.82 Å². The first kappa shape index (κ1) is 14.3. The number of nitrogens with zero attached hydrogens (tertiary/aromatic N) is 1. The third-order valence-corrected chi connectivity index (χ3v) is 2.98. The van der Waals surface area contributed by atoms with E-state index in [2.05, 4.69) is 27.6 Å². The van der Waals surface area contributed by atoms with Crippen molar-refractivity contribution in [3.05, 3.63) is 47.7 Å². The van der Waals surface area contributed by atoms with Gasteiger partial charge in [-0.3, -0.25) is 9.89 Å². The molecule has 0 atom stereocenters. The third kappa shape index (κ3) is 3.93. The summed E-state index contributed by atoms with van der Waals surface area (Å²) in [6.07, 6.45) is 1.78. The molecular formula is C15H20N4O. The second kappa shape index (κ2) is 5.88. The molecule has 5 nitrogen and oxygen atoms in total. The van der Waals surface area contributed by atoms with Crippen molar-refractivity contribution in [2.75, 3.05) is 5.32 Å². The fourth-order valence-corrected chi connectivity index (χ4v) is 1.75. The first-order valence-electron chi connectivity index (χ1n) is 6.64. The van der Waals surface area contributed by atoms with Crippen LogP contribution in [0.3, 0.4) is 0 Å². The molecule has 1 amide bonds. The van der Waals surface area contributed by atoms with E-state index in [1.165, 1.54) is 5.56 Å². The first-order valence-corrected chi connectivity index (χ1v) is 6.64. The fraction of sp³-hybridized carbons (Fsp3) is 0.333. The molecule has 1 aromatic heterocycles. The van der Waals surface area contributed by atoms with Crippen LogP contribution in [0, 0.1) is 0 Å². The second-order valence-corrected chi connectivity index (χ2v) is 5.44. The van der Waals surface area contributed by atoms with Crippen LogP contribution in [0.4, 0.5) is 5.82 Å². The highest BCUT2D eigenvalue weighted by molar-refractivity contribution is 5.96. The molecule has 20 heavy (non-hydrogen) atoms. The highest BCUT2D eigenvalue weighted by atomic mass is 16.2. The molecule has 0 bridgehead atoms. The lowest BCUT2D eigenvalue weighted by molar-refractivity contribution is -0.120. The zero-order chi connectivity index (χ0) is 14.6. The molecule has 0 saturated heterocycles. The van der Waals surface area contributed by atoms with Crippen LogP contribution in [-0.4, -0.2) is 21.6 Å². The summed E-state index contributed by atoms with van der Waals surface area (Å²) in [5.74, 6) is 0.259. The lowest BCUT2D eigenvalue weighted by atomic mass is 10.1. The molecule has 2 rings (SSSR count). The minimum absolute atomic E-state index is 0.251. The van der Waals surface area contributed by atoms with Crippen LogP contribution < -0.4 is 11.1 Å². The number of amides is 1. The minimum atomic E-state index is -0.914. The summed E-state index contributed by atoms with van der Waals surface area (Å²) < 4.78 is 0. The molecule has 0 radical (unpaired) electrons. The Morgan fingerprint density at radius 2 is 2.00 bits per heavy atom. The Morgan fingerprint density at radius 3 is 2.65 bits per heavy atom. The summed E-state index contributed by atoms with van der Waals surface area (Å²) in [6, 6.07) is 12.1. The fourth-order valence-electron chi connectivity index (χ4n) is 1.75. The Hall–Kier alpha value is -2.14. The van der Waals surface area contributed by atoms with E-state index in [9.17, 15) is 4.79 Å². The van der Waals surface area contributed by atoms with Gasteiger partial charge in [0.05, 0.1) is 5.54 Å². The molecule has 0 aliphatic rings. The molecule has 0 unspecified atom stereocenters. The summed E-state index contributed by atoms with van der Waals surface area (Å²) in [6.45, 7) is 3.32. The SMILES string of the molecule is CC(C)(N)C(=O)Nc1cc(CCc2ccccc2)[nH]n1. The lowest BCUT2D eigenvalue weighted by Gasteiger charge is -2.16. The van der Waals surface area contributed by atoms with Gasteiger partial charge in [-0.05, 0) is 32.3 Å². The zero-order valence-corrected chi connectivity index (χ0v) is 11.8. The van der Waals surface area contributed by atoms with Gasteiger partial charge in [-0.15, -0.1) is 0 Å². The largest absolute Gasteiger partial charge is 0.318 e. The maximum Gasteiger partial charge on any atom is 0.245 e. The molecule has 0 saturated carbocycles. The number of rotatable bonds is 5. The lowest BCUT2D eigenvalue weighted by Crippen LogP contribution is -2.45. The Morgan fingerprint density at radius 1 is 1.30 bits per heavy atom. The van der Waals surface area contributed by atoms with Crippen molar-refractivity contribution in [2.45, 2.75) is 32.2 Å². The second-order valence-electron chi connectivity index (χ2n) is 5.44. The van der Waals surface area contributed by atoms with Gasteiger partial charge in [-0.25, -0.2) is 0 Å². The number of benzene rings is 1. The maximum atomic E-state index is 11.7. The van der Waals surface area contributed by atoms with E-state index in [1.807, 2.05) is 24.3 Å². The van der Waals surface area contributed by atoms with Crippen molar-refractivity contribution in [1.29, 1.82) is 0 Å². The van der Waals surface area contributed by atoms with Crippen molar-refractivity contribution < 1.29 is 4.79 Å². The van der Waals surface area contributed by atoms with Crippen LogP contribution >= 0.6 is 0 Å². The molecule has 106 valence electrons. The van der Waals surface area contributed by atoms with E-state index >= 15 is 0 Å². The maximum absolute atomic E-state index is 11.7. The molecule has 0 spiro atoms. The van der Waals surface area contributed by atoms with E-state index < -0.39 is 5.54 Å². The van der Waals surface area contributed by atoms with Gasteiger partial charge in [0.25, 0.3) is 0 Å². The van der Waals surface area contributed by atoms with Crippen LogP contribution in [0.25, 0.3) is 0 Å². The van der Waals surface area contributed by atoms with Gasteiger partial charge in [-0.1, -0.05) is 30.3 Å². The van der Waals surface area contributed by atoms with Gasteiger partial charge in [0.2, 0.25) is 5.91 Å². The summed E-state index contributed by atoms with van der Waals surface area (Å²) in [4.78, 5) is 11.7. The van der Waals surface area contributed by atoms with Crippen molar-refractivity contribution in [2.24, 2.45) is 5.73 Å². The summed E-state index contributed by atoms with van der Waals surface area (Å²) in [5.41, 5.74) is 7.06. The number of aromatic amines is 1. The summed E-state index contributed by atoms with van der Waals surface area (Å²) in [5, 5.41) is 9.69. The number of hydrogen-bond acceptors (Lipinski definition) is 3. The number of carbonyl (C=O) groups is 1.